The van der Waals surface area contributed by atoms with E-state index in [-0.39, 0.29) is 0 Å². The normalized spacial score (nSPS) is 12.6. The van der Waals surface area contributed by atoms with Gasteiger partial charge in [-0.2, -0.15) is 18.3 Å². The third kappa shape index (κ3) is 3.32. The standard InChI is InChI=1S/C12H11F3N4S/c1-7(16-18-11-8(2)17-19-20-11)9-4-3-5-10(6-9)12(13,14)15/h3-6,18H,1-2H3. The molecule has 0 atom stereocenters. The number of hydrazone groups is 1. The molecule has 0 radical (unpaired) electrons. The van der Waals surface area contributed by atoms with Crippen molar-refractivity contribution in [2.24, 2.45) is 5.10 Å². The van der Waals surface area contributed by atoms with Crippen LogP contribution in [0.1, 0.15) is 23.7 Å². The molecule has 0 saturated carbocycles. The predicted molar refractivity (Wildman–Crippen MR) is 71.9 cm³/mol. The topological polar surface area (TPSA) is 50.2 Å². The van der Waals surface area contributed by atoms with E-state index in [4.69, 9.17) is 0 Å². The maximum Gasteiger partial charge on any atom is 0.416 e. The number of anilines is 1. The van der Waals surface area contributed by atoms with Crippen molar-refractivity contribution in [2.75, 3.05) is 5.43 Å². The Balaban J connectivity index is 2.21. The van der Waals surface area contributed by atoms with Gasteiger partial charge in [0.05, 0.1) is 17.0 Å². The van der Waals surface area contributed by atoms with Crippen LogP contribution in [0.2, 0.25) is 0 Å². The molecule has 8 heteroatoms. The highest BCUT2D eigenvalue weighted by atomic mass is 32.1. The van der Waals surface area contributed by atoms with Crippen LogP contribution in [-0.2, 0) is 6.18 Å². The number of alkyl halides is 3. The lowest BCUT2D eigenvalue weighted by Crippen LogP contribution is -2.07. The fourth-order valence-electron chi connectivity index (χ4n) is 1.46. The maximum atomic E-state index is 12.6. The minimum Gasteiger partial charge on any atom is -0.265 e. The number of aryl methyl sites for hydroxylation is 1. The molecule has 0 fully saturated rings. The molecule has 2 aromatic rings. The van der Waals surface area contributed by atoms with Crippen molar-refractivity contribution in [1.29, 1.82) is 0 Å². The van der Waals surface area contributed by atoms with Crippen LogP contribution in [0.25, 0.3) is 0 Å². The van der Waals surface area contributed by atoms with Gasteiger partial charge in [-0.25, -0.2) is 0 Å². The van der Waals surface area contributed by atoms with Crippen molar-refractivity contribution >= 4 is 22.2 Å². The van der Waals surface area contributed by atoms with Crippen molar-refractivity contribution in [2.45, 2.75) is 20.0 Å². The third-order valence-corrected chi connectivity index (χ3v) is 3.32. The number of hydrogen-bond donors (Lipinski definition) is 1. The van der Waals surface area contributed by atoms with Crippen LogP contribution in [0.15, 0.2) is 29.4 Å². The highest BCUT2D eigenvalue weighted by Crippen LogP contribution is 2.29. The van der Waals surface area contributed by atoms with Crippen LogP contribution in [0, 0.1) is 6.92 Å². The summed E-state index contributed by atoms with van der Waals surface area (Å²) in [4.78, 5) is 0. The Morgan fingerprint density at radius 1 is 1.35 bits per heavy atom. The number of aromatic nitrogens is 2. The first-order valence-corrected chi connectivity index (χ1v) is 6.42. The highest BCUT2D eigenvalue weighted by molar-refractivity contribution is 7.10. The molecule has 1 aromatic carbocycles. The molecule has 0 amide bonds. The Bertz CT molecular complexity index is 634. The molecule has 1 N–H and O–H groups in total. The molecule has 0 spiro atoms. The Hall–Kier alpha value is -1.96. The van der Waals surface area contributed by atoms with Gasteiger partial charge in [0.1, 0.15) is 0 Å². The number of nitrogens with one attached hydrogen (secondary N) is 1. The summed E-state index contributed by atoms with van der Waals surface area (Å²) in [5, 5.41) is 8.52. The van der Waals surface area contributed by atoms with E-state index in [1.165, 1.54) is 6.07 Å². The predicted octanol–water partition coefficient (Wildman–Crippen LogP) is 3.70. The minimum atomic E-state index is -4.36. The molecule has 0 aliphatic carbocycles. The van der Waals surface area contributed by atoms with E-state index in [1.807, 2.05) is 0 Å². The number of rotatable bonds is 3. The molecule has 0 aliphatic heterocycles. The Labute approximate surface area is 117 Å². The number of hydrogen-bond acceptors (Lipinski definition) is 5. The van der Waals surface area contributed by atoms with Crippen LogP contribution >= 0.6 is 11.5 Å². The molecule has 20 heavy (non-hydrogen) atoms. The van der Waals surface area contributed by atoms with E-state index in [2.05, 4.69) is 20.1 Å². The van der Waals surface area contributed by atoms with Crippen LogP contribution < -0.4 is 5.43 Å². The second-order valence-electron chi connectivity index (χ2n) is 4.08. The summed E-state index contributed by atoms with van der Waals surface area (Å²) in [6.07, 6.45) is -4.36. The zero-order chi connectivity index (χ0) is 14.8. The summed E-state index contributed by atoms with van der Waals surface area (Å²) in [7, 11) is 0. The van der Waals surface area contributed by atoms with Crippen molar-refractivity contribution < 1.29 is 13.2 Å². The zero-order valence-electron chi connectivity index (χ0n) is 10.7. The number of halogens is 3. The SMILES string of the molecule is CC(=NNc1snnc1C)c1cccc(C(F)(F)F)c1. The third-order valence-electron chi connectivity index (χ3n) is 2.58. The second kappa shape index (κ2) is 5.58. The van der Waals surface area contributed by atoms with Crippen LogP contribution in [0.3, 0.4) is 0 Å². The van der Waals surface area contributed by atoms with Crippen molar-refractivity contribution in [1.82, 2.24) is 9.59 Å². The molecule has 106 valence electrons. The molecular formula is C12H11F3N4S. The molecule has 1 aromatic heterocycles. The van der Waals surface area contributed by atoms with E-state index >= 15 is 0 Å². The van der Waals surface area contributed by atoms with Gasteiger partial charge in [-0.05, 0) is 31.5 Å². The summed E-state index contributed by atoms with van der Waals surface area (Å²) in [5.41, 5.74) is 3.60. The summed E-state index contributed by atoms with van der Waals surface area (Å²) in [6, 6.07) is 5.03. The van der Waals surface area contributed by atoms with Crippen molar-refractivity contribution in [3.8, 4) is 0 Å². The lowest BCUT2D eigenvalue weighted by Gasteiger charge is -2.08. The highest BCUT2D eigenvalue weighted by Gasteiger charge is 2.30. The first-order valence-electron chi connectivity index (χ1n) is 5.65. The van der Waals surface area contributed by atoms with E-state index < -0.39 is 11.7 Å². The van der Waals surface area contributed by atoms with Gasteiger partial charge in [-0.3, -0.25) is 5.43 Å². The average molecular weight is 300 g/mol. The van der Waals surface area contributed by atoms with Gasteiger partial charge in [-0.15, -0.1) is 5.10 Å². The molecule has 0 saturated heterocycles. The first-order chi connectivity index (χ1) is 9.38. The fraction of sp³-hybridized carbons (Fsp3) is 0.250. The largest absolute Gasteiger partial charge is 0.416 e. The minimum absolute atomic E-state index is 0.405. The molecule has 0 bridgehead atoms. The Morgan fingerprint density at radius 2 is 2.10 bits per heavy atom. The van der Waals surface area contributed by atoms with E-state index in [9.17, 15) is 13.2 Å². The zero-order valence-corrected chi connectivity index (χ0v) is 11.5. The molecule has 0 unspecified atom stereocenters. The lowest BCUT2D eigenvalue weighted by molar-refractivity contribution is -0.137. The molecular weight excluding hydrogens is 289 g/mol. The van der Waals surface area contributed by atoms with E-state index in [0.717, 1.165) is 23.7 Å². The van der Waals surface area contributed by atoms with E-state index in [0.29, 0.717) is 22.0 Å². The molecule has 4 nitrogen and oxygen atoms in total. The maximum absolute atomic E-state index is 12.6. The van der Waals surface area contributed by atoms with E-state index in [1.54, 1.807) is 19.9 Å². The Morgan fingerprint density at radius 3 is 2.70 bits per heavy atom. The van der Waals surface area contributed by atoms with Crippen molar-refractivity contribution in [3.05, 3.63) is 41.1 Å². The average Bonchev–Trinajstić information content (AvgIpc) is 2.81. The molecule has 2 rings (SSSR count). The smallest absolute Gasteiger partial charge is 0.265 e. The monoisotopic (exact) mass is 300 g/mol. The quantitative estimate of drug-likeness (QED) is 0.694. The van der Waals surface area contributed by atoms with Gasteiger partial charge < -0.3 is 0 Å². The fourth-order valence-corrected chi connectivity index (χ4v) is 1.96. The first kappa shape index (κ1) is 14.4. The van der Waals surface area contributed by atoms with Crippen molar-refractivity contribution in [3.63, 3.8) is 0 Å². The van der Waals surface area contributed by atoms with Crippen LogP contribution in [0.4, 0.5) is 18.2 Å². The van der Waals surface area contributed by atoms with Crippen LogP contribution in [0.5, 0.6) is 0 Å². The molecule has 0 aliphatic rings. The van der Waals surface area contributed by atoms with Gasteiger partial charge >= 0.3 is 6.18 Å². The number of benzene rings is 1. The number of nitrogens with zero attached hydrogens (tertiary/aromatic N) is 3. The summed E-state index contributed by atoms with van der Waals surface area (Å²) < 4.78 is 41.6. The summed E-state index contributed by atoms with van der Waals surface area (Å²) >= 11 is 1.13. The van der Waals surface area contributed by atoms with Gasteiger partial charge in [0.15, 0.2) is 5.00 Å². The van der Waals surface area contributed by atoms with Gasteiger partial charge in [-0.1, -0.05) is 16.6 Å². The second-order valence-corrected chi connectivity index (χ2v) is 4.83. The summed E-state index contributed by atoms with van der Waals surface area (Å²) in [6.45, 7) is 3.40. The summed E-state index contributed by atoms with van der Waals surface area (Å²) in [5.74, 6) is 0. The van der Waals surface area contributed by atoms with Gasteiger partial charge in [0, 0.05) is 11.5 Å². The lowest BCUT2D eigenvalue weighted by atomic mass is 10.1. The Kier molecular flexibility index (Phi) is 4.03. The van der Waals surface area contributed by atoms with Crippen LogP contribution in [-0.4, -0.2) is 15.3 Å². The molecule has 1 heterocycles. The van der Waals surface area contributed by atoms with Gasteiger partial charge in [0.25, 0.3) is 0 Å². The van der Waals surface area contributed by atoms with Gasteiger partial charge in [0.2, 0.25) is 0 Å².